The van der Waals surface area contributed by atoms with E-state index >= 15 is 0 Å². The van der Waals surface area contributed by atoms with Crippen LogP contribution in [0.15, 0.2) is 0 Å². The molecule has 53 valence electrons. The number of rotatable bonds is 1. The molecule has 0 rings (SSSR count). The van der Waals surface area contributed by atoms with E-state index in [1.807, 2.05) is 13.8 Å². The van der Waals surface area contributed by atoms with Crippen LogP contribution in [0.4, 0.5) is 0 Å². The monoisotopic (exact) mass is 287 g/mol. The molecule has 0 bridgehead atoms. The molecule has 0 aromatic heterocycles. The maximum atomic E-state index is 4.84. The van der Waals surface area contributed by atoms with Crippen LogP contribution in [-0.2, 0) is 3.07 Å². The minimum absolute atomic E-state index is 0. The van der Waals surface area contributed by atoms with E-state index < -0.39 is 0 Å². The predicted octanol–water partition coefficient (Wildman–Crippen LogP) is 1.76. The van der Waals surface area contributed by atoms with Gasteiger partial charge in [0.1, 0.15) is 0 Å². The van der Waals surface area contributed by atoms with Crippen LogP contribution < -0.4 is 0 Å². The molecule has 0 saturated carbocycles. The van der Waals surface area contributed by atoms with Crippen LogP contribution in [0.5, 0.6) is 0 Å². The van der Waals surface area contributed by atoms with Crippen LogP contribution in [0.25, 0.3) is 0 Å². The van der Waals surface area contributed by atoms with Gasteiger partial charge in [-0.1, -0.05) is 0 Å². The molecule has 0 amide bonds. The minimum atomic E-state index is 0. The van der Waals surface area contributed by atoms with Crippen LogP contribution in [-0.4, -0.2) is 29.0 Å². The Bertz CT molecular complexity index is 28.5. The van der Waals surface area contributed by atoms with Gasteiger partial charge in [-0.05, 0) is 0 Å². The van der Waals surface area contributed by atoms with Gasteiger partial charge in [-0.15, -0.1) is 37.2 Å². The number of halogens is 3. The normalized spacial score (nSPS) is 6.00. The number of hydrogen-bond acceptors (Lipinski definition) is 1. The van der Waals surface area contributed by atoms with Crippen molar-refractivity contribution in [2.24, 2.45) is 0 Å². The smallest absolute Gasteiger partial charge is 0.147 e. The van der Waals surface area contributed by atoms with Crippen molar-refractivity contribution in [2.45, 2.75) is 20.0 Å². The van der Waals surface area contributed by atoms with E-state index in [1.165, 1.54) is 0 Å². The maximum absolute atomic E-state index is 4.84. The van der Waals surface area contributed by atoms with Crippen molar-refractivity contribution in [1.29, 1.82) is 0 Å². The third kappa shape index (κ3) is 25.5. The molecule has 0 fully saturated rings. The van der Waals surface area contributed by atoms with Crippen LogP contribution in [0.1, 0.15) is 13.8 Å². The molecule has 5 heteroatoms. The molecule has 0 saturated heterocycles. The molecule has 8 heavy (non-hydrogen) atoms. The first-order valence-electron chi connectivity index (χ1n) is 1.59. The Morgan fingerprint density at radius 3 is 1.25 bits per heavy atom. The molecular formula is C3H10Cl3OSn. The first-order valence-corrected chi connectivity index (χ1v) is 2.76. The van der Waals surface area contributed by atoms with Crippen LogP contribution >= 0.6 is 37.2 Å². The zero-order valence-corrected chi connectivity index (χ0v) is 10.0. The van der Waals surface area contributed by atoms with Gasteiger partial charge in [-0.2, -0.15) is 0 Å². The largest absolute Gasteiger partial charge is 0.147 e. The van der Waals surface area contributed by atoms with E-state index in [4.69, 9.17) is 3.07 Å². The second kappa shape index (κ2) is 15.9. The first kappa shape index (κ1) is 22.6. The molecule has 0 N–H and O–H groups in total. The molecule has 0 aromatic carbocycles. The first-order chi connectivity index (χ1) is 2.27. The number of hydrogen-bond donors (Lipinski definition) is 0. The van der Waals surface area contributed by atoms with E-state index in [0.717, 1.165) is 22.9 Å². The van der Waals surface area contributed by atoms with Crippen molar-refractivity contribution in [1.82, 2.24) is 0 Å². The fourth-order valence-electron chi connectivity index (χ4n) is 0. The summed E-state index contributed by atoms with van der Waals surface area (Å²) in [7, 11) is 0. The second-order valence-corrected chi connectivity index (χ2v) is 1.84. The van der Waals surface area contributed by atoms with Gasteiger partial charge in [0.25, 0.3) is 0 Å². The van der Waals surface area contributed by atoms with Crippen LogP contribution in [0, 0.1) is 0 Å². The standard InChI is InChI=1S/C3H7O.3ClH.Sn/c1-3(2)4;;;;/h3H,1-2H3;3*1H;/q-1;;;;+1. The Morgan fingerprint density at radius 2 is 1.25 bits per heavy atom. The molecule has 0 aliphatic carbocycles. The van der Waals surface area contributed by atoms with Crippen molar-refractivity contribution >= 4 is 60.2 Å². The average molecular weight is 287 g/mol. The summed E-state index contributed by atoms with van der Waals surface area (Å²) in [5, 5.41) is 0. The van der Waals surface area contributed by atoms with Gasteiger partial charge in [-0.25, -0.2) is 0 Å². The zero-order chi connectivity index (χ0) is 4.28. The summed E-state index contributed by atoms with van der Waals surface area (Å²) >= 11 is 1.16. The Balaban J connectivity index is -0.0000000267. The third-order valence-electron chi connectivity index (χ3n) is 0.236. The van der Waals surface area contributed by atoms with E-state index in [0.29, 0.717) is 6.10 Å². The van der Waals surface area contributed by atoms with Crippen molar-refractivity contribution < 1.29 is 3.07 Å². The zero-order valence-electron chi connectivity index (χ0n) is 4.71. The van der Waals surface area contributed by atoms with E-state index in [2.05, 4.69) is 0 Å². The summed E-state index contributed by atoms with van der Waals surface area (Å²) in [6.45, 7) is 4.04. The molecule has 0 spiro atoms. The fourth-order valence-corrected chi connectivity index (χ4v) is 0. The van der Waals surface area contributed by atoms with Crippen molar-refractivity contribution in [3.63, 3.8) is 0 Å². The summed E-state index contributed by atoms with van der Waals surface area (Å²) in [4.78, 5) is 0. The Morgan fingerprint density at radius 1 is 1.12 bits per heavy atom. The molecule has 0 aliphatic heterocycles. The van der Waals surface area contributed by atoms with Gasteiger partial charge in [0.05, 0.1) is 0 Å². The second-order valence-electron chi connectivity index (χ2n) is 1.17. The van der Waals surface area contributed by atoms with E-state index in [9.17, 15) is 0 Å². The van der Waals surface area contributed by atoms with E-state index in [-0.39, 0.29) is 37.2 Å². The average Bonchev–Trinajstić information content (AvgIpc) is 1.38. The molecule has 3 radical (unpaired) electrons. The van der Waals surface area contributed by atoms with Crippen molar-refractivity contribution in [3.8, 4) is 0 Å². The van der Waals surface area contributed by atoms with Gasteiger partial charge in [-0.3, -0.25) is 0 Å². The van der Waals surface area contributed by atoms with Crippen LogP contribution in [0.3, 0.4) is 0 Å². The molecule has 0 unspecified atom stereocenters. The third-order valence-corrected chi connectivity index (χ3v) is 1.58. The van der Waals surface area contributed by atoms with Gasteiger partial charge >= 0.3 is 46.0 Å². The predicted molar refractivity (Wildman–Crippen MR) is 43.7 cm³/mol. The summed E-state index contributed by atoms with van der Waals surface area (Å²) < 4.78 is 4.84. The van der Waals surface area contributed by atoms with Crippen molar-refractivity contribution in [3.05, 3.63) is 0 Å². The minimum Gasteiger partial charge on any atom is -0.147 e. The summed E-state index contributed by atoms with van der Waals surface area (Å²) in [5.41, 5.74) is 0. The maximum Gasteiger partial charge on any atom is -0.147 e. The molecule has 0 atom stereocenters. The van der Waals surface area contributed by atoms with Gasteiger partial charge in [0, 0.05) is 0 Å². The Hall–Kier alpha value is 1.63. The fraction of sp³-hybridized carbons (Fsp3) is 1.00. The van der Waals surface area contributed by atoms with Gasteiger partial charge in [0.2, 0.25) is 0 Å². The quantitative estimate of drug-likeness (QED) is 0.668. The summed E-state index contributed by atoms with van der Waals surface area (Å²) in [5.74, 6) is 0. The van der Waals surface area contributed by atoms with Gasteiger partial charge < -0.3 is 0 Å². The summed E-state index contributed by atoms with van der Waals surface area (Å²) in [6, 6.07) is 0. The summed E-state index contributed by atoms with van der Waals surface area (Å²) in [6.07, 6.45) is 0.424. The molecular weight excluding hydrogens is 277 g/mol. The Labute approximate surface area is 82.8 Å². The molecule has 0 aliphatic rings. The SMILES string of the molecule is CC(C)[O][Sn].Cl.Cl.Cl. The molecule has 1 nitrogen and oxygen atoms in total. The van der Waals surface area contributed by atoms with E-state index in [1.54, 1.807) is 0 Å². The molecule has 0 heterocycles. The topological polar surface area (TPSA) is 9.23 Å². The Kier molecular flexibility index (Phi) is 44.8. The molecule has 0 aromatic rings. The van der Waals surface area contributed by atoms with Crippen LogP contribution in [0.2, 0.25) is 0 Å². The van der Waals surface area contributed by atoms with Crippen molar-refractivity contribution in [2.75, 3.05) is 0 Å². The van der Waals surface area contributed by atoms with Gasteiger partial charge in [0.15, 0.2) is 0 Å².